The molecule has 5 nitrogen and oxygen atoms in total. The molecule has 104 valence electrons. The zero-order chi connectivity index (χ0) is 13.8. The van der Waals surface area contributed by atoms with Crippen LogP contribution >= 0.6 is 0 Å². The first-order chi connectivity index (χ1) is 8.50. The van der Waals surface area contributed by atoms with Gasteiger partial charge in [0.1, 0.15) is 12.2 Å². The minimum absolute atomic E-state index is 0.245. The van der Waals surface area contributed by atoms with Gasteiger partial charge in [-0.25, -0.2) is 9.67 Å². The van der Waals surface area contributed by atoms with Crippen LogP contribution in [0.5, 0.6) is 0 Å². The summed E-state index contributed by atoms with van der Waals surface area (Å²) in [6, 6.07) is 0.245. The Morgan fingerprint density at radius 3 is 2.44 bits per heavy atom. The van der Waals surface area contributed by atoms with Crippen LogP contribution in [-0.2, 0) is 11.2 Å². The Morgan fingerprint density at radius 2 is 2.00 bits per heavy atom. The molecular formula is C13H25N3O2. The predicted molar refractivity (Wildman–Crippen MR) is 70.4 cm³/mol. The predicted octanol–water partition coefficient (Wildman–Crippen LogP) is 1.97. The monoisotopic (exact) mass is 255 g/mol. The maximum atomic E-state index is 10.4. The number of aliphatic hydroxyl groups is 1. The highest BCUT2D eigenvalue weighted by Gasteiger charge is 2.35. The summed E-state index contributed by atoms with van der Waals surface area (Å²) in [5.41, 5.74) is -0.492. The molecule has 5 heteroatoms. The lowest BCUT2D eigenvalue weighted by Gasteiger charge is -2.35. The van der Waals surface area contributed by atoms with Crippen molar-refractivity contribution in [1.29, 1.82) is 0 Å². The lowest BCUT2D eigenvalue weighted by Crippen LogP contribution is -2.44. The molecule has 1 aromatic heterocycles. The van der Waals surface area contributed by atoms with Crippen molar-refractivity contribution in [3.63, 3.8) is 0 Å². The summed E-state index contributed by atoms with van der Waals surface area (Å²) in [6.45, 7) is 8.16. The van der Waals surface area contributed by atoms with Crippen LogP contribution in [0.1, 0.15) is 52.4 Å². The molecule has 0 aliphatic rings. The average Bonchev–Trinajstić information content (AvgIpc) is 2.80. The van der Waals surface area contributed by atoms with Crippen LogP contribution in [-0.4, -0.2) is 38.7 Å². The molecule has 1 rings (SSSR count). The number of rotatable bonds is 7. The summed E-state index contributed by atoms with van der Waals surface area (Å²) in [7, 11) is 1.66. The molecule has 0 amide bonds. The van der Waals surface area contributed by atoms with Crippen molar-refractivity contribution in [2.24, 2.45) is 0 Å². The molecule has 0 spiro atoms. The molecule has 0 saturated heterocycles. The second-order valence-corrected chi connectivity index (χ2v) is 4.91. The van der Waals surface area contributed by atoms with Crippen molar-refractivity contribution in [3.05, 3.63) is 12.2 Å². The van der Waals surface area contributed by atoms with Gasteiger partial charge < -0.3 is 9.84 Å². The van der Waals surface area contributed by atoms with Crippen LogP contribution in [0.4, 0.5) is 0 Å². The SMILES string of the molecule is CCC(CC)(OC)C(O)Cc1ncnn1C(C)C. The third-order valence-electron chi connectivity index (χ3n) is 3.72. The van der Waals surface area contributed by atoms with Crippen molar-refractivity contribution in [2.45, 2.75) is 64.7 Å². The first-order valence-electron chi connectivity index (χ1n) is 6.62. The fourth-order valence-corrected chi connectivity index (χ4v) is 2.36. The minimum Gasteiger partial charge on any atom is -0.390 e. The van der Waals surface area contributed by atoms with E-state index in [0.717, 1.165) is 18.7 Å². The molecule has 1 N–H and O–H groups in total. The van der Waals surface area contributed by atoms with Gasteiger partial charge in [-0.05, 0) is 26.7 Å². The highest BCUT2D eigenvalue weighted by molar-refractivity contribution is 4.96. The molecule has 0 radical (unpaired) electrons. The van der Waals surface area contributed by atoms with Crippen LogP contribution in [0.25, 0.3) is 0 Å². The third kappa shape index (κ3) is 2.90. The Morgan fingerprint density at radius 1 is 1.39 bits per heavy atom. The van der Waals surface area contributed by atoms with Gasteiger partial charge >= 0.3 is 0 Å². The molecule has 0 saturated carbocycles. The maximum Gasteiger partial charge on any atom is 0.138 e. The summed E-state index contributed by atoms with van der Waals surface area (Å²) < 4.78 is 7.38. The molecule has 1 atom stereocenters. The summed E-state index contributed by atoms with van der Waals surface area (Å²) in [5.74, 6) is 0.806. The second kappa shape index (κ2) is 6.29. The largest absolute Gasteiger partial charge is 0.390 e. The van der Waals surface area contributed by atoms with E-state index in [2.05, 4.69) is 10.1 Å². The van der Waals surface area contributed by atoms with E-state index in [1.54, 1.807) is 7.11 Å². The molecule has 1 aromatic rings. The second-order valence-electron chi connectivity index (χ2n) is 4.91. The maximum absolute atomic E-state index is 10.4. The number of nitrogens with zero attached hydrogens (tertiary/aromatic N) is 3. The van der Waals surface area contributed by atoms with Crippen LogP contribution < -0.4 is 0 Å². The van der Waals surface area contributed by atoms with Crippen molar-refractivity contribution < 1.29 is 9.84 Å². The fourth-order valence-electron chi connectivity index (χ4n) is 2.36. The van der Waals surface area contributed by atoms with Gasteiger partial charge in [-0.15, -0.1) is 0 Å². The van der Waals surface area contributed by atoms with E-state index < -0.39 is 11.7 Å². The quantitative estimate of drug-likeness (QED) is 0.809. The van der Waals surface area contributed by atoms with Gasteiger partial charge in [0.2, 0.25) is 0 Å². The van der Waals surface area contributed by atoms with Crippen LogP contribution in [0, 0.1) is 0 Å². The first-order valence-corrected chi connectivity index (χ1v) is 6.62. The van der Waals surface area contributed by atoms with E-state index >= 15 is 0 Å². The van der Waals surface area contributed by atoms with Crippen molar-refractivity contribution in [2.75, 3.05) is 7.11 Å². The molecule has 0 aliphatic carbocycles. The molecule has 1 unspecified atom stereocenters. The number of aromatic nitrogens is 3. The number of ether oxygens (including phenoxy) is 1. The fraction of sp³-hybridized carbons (Fsp3) is 0.846. The van der Waals surface area contributed by atoms with Gasteiger partial charge in [0.05, 0.1) is 11.7 Å². The van der Waals surface area contributed by atoms with E-state index in [1.807, 2.05) is 32.4 Å². The molecule has 0 bridgehead atoms. The standard InChI is InChI=1S/C13H25N3O2/c1-6-13(7-2,18-5)11(17)8-12-14-9-15-16(12)10(3)4/h9-11,17H,6-8H2,1-5H3. The average molecular weight is 255 g/mol. The van der Waals surface area contributed by atoms with Crippen molar-refractivity contribution >= 4 is 0 Å². The summed E-state index contributed by atoms with van der Waals surface area (Å²) in [5, 5.41) is 14.6. The highest BCUT2D eigenvalue weighted by atomic mass is 16.5. The van der Waals surface area contributed by atoms with Gasteiger partial charge in [0.15, 0.2) is 0 Å². The minimum atomic E-state index is -0.570. The zero-order valence-corrected chi connectivity index (χ0v) is 12.1. The lowest BCUT2D eigenvalue weighted by atomic mass is 9.88. The van der Waals surface area contributed by atoms with Gasteiger partial charge in [0, 0.05) is 19.6 Å². The van der Waals surface area contributed by atoms with Gasteiger partial charge in [-0.3, -0.25) is 0 Å². The van der Waals surface area contributed by atoms with Gasteiger partial charge in [-0.1, -0.05) is 13.8 Å². The molecule has 18 heavy (non-hydrogen) atoms. The van der Waals surface area contributed by atoms with E-state index in [0.29, 0.717) is 6.42 Å². The highest BCUT2D eigenvalue weighted by Crippen LogP contribution is 2.26. The smallest absolute Gasteiger partial charge is 0.138 e. The summed E-state index contributed by atoms with van der Waals surface area (Å²) >= 11 is 0. The molecule has 1 heterocycles. The molecule has 0 aliphatic heterocycles. The van der Waals surface area contributed by atoms with Crippen LogP contribution in [0.3, 0.4) is 0 Å². The lowest BCUT2D eigenvalue weighted by molar-refractivity contribution is -0.107. The molecule has 0 fully saturated rings. The Bertz CT molecular complexity index is 351. The number of aliphatic hydroxyl groups excluding tert-OH is 1. The van der Waals surface area contributed by atoms with Crippen molar-refractivity contribution in [1.82, 2.24) is 14.8 Å². The Labute approximate surface area is 109 Å². The Hall–Kier alpha value is -0.940. The van der Waals surface area contributed by atoms with Crippen molar-refractivity contribution in [3.8, 4) is 0 Å². The number of hydrogen-bond acceptors (Lipinski definition) is 4. The van der Waals surface area contributed by atoms with E-state index in [9.17, 15) is 5.11 Å². The molecular weight excluding hydrogens is 230 g/mol. The van der Waals surface area contributed by atoms with Crippen LogP contribution in [0.2, 0.25) is 0 Å². The van der Waals surface area contributed by atoms with E-state index in [-0.39, 0.29) is 6.04 Å². The Kier molecular flexibility index (Phi) is 5.28. The van der Waals surface area contributed by atoms with Gasteiger partial charge in [0.25, 0.3) is 0 Å². The van der Waals surface area contributed by atoms with E-state index in [4.69, 9.17) is 4.74 Å². The summed E-state index contributed by atoms with van der Waals surface area (Å²) in [6.07, 6.45) is 2.98. The third-order valence-corrected chi connectivity index (χ3v) is 3.72. The van der Waals surface area contributed by atoms with E-state index in [1.165, 1.54) is 6.33 Å². The number of methoxy groups -OCH3 is 1. The number of hydrogen-bond donors (Lipinski definition) is 1. The zero-order valence-electron chi connectivity index (χ0n) is 12.1. The summed E-state index contributed by atoms with van der Waals surface area (Å²) in [4.78, 5) is 4.23. The Balaban J connectivity index is 2.86. The topological polar surface area (TPSA) is 60.2 Å². The first kappa shape index (κ1) is 15.1. The normalized spacial score (nSPS) is 14.2. The molecule has 0 aromatic carbocycles. The van der Waals surface area contributed by atoms with Gasteiger partial charge in [-0.2, -0.15) is 5.10 Å². The van der Waals surface area contributed by atoms with Crippen LogP contribution in [0.15, 0.2) is 6.33 Å².